The number of hydrogen-bond donors (Lipinski definition) is 3. The molecule has 0 radical (unpaired) electrons. The number of benzene rings is 2. The number of aliphatic carboxylic acids is 2. The second-order valence-corrected chi connectivity index (χ2v) is 5.92. The quantitative estimate of drug-likeness (QED) is 0.437. The topological polar surface area (TPSA) is 130 Å². The number of nitrogens with one attached hydrogen (secondary N) is 1. The van der Waals surface area contributed by atoms with Crippen LogP contribution in [-0.2, 0) is 19.1 Å². The molecule has 2 aromatic carbocycles. The van der Waals surface area contributed by atoms with Gasteiger partial charge in [-0.05, 0) is 23.8 Å². The fourth-order valence-corrected chi connectivity index (χ4v) is 2.36. The Morgan fingerprint density at radius 3 is 2.21 bits per heavy atom. The van der Waals surface area contributed by atoms with E-state index in [0.29, 0.717) is 11.1 Å². The normalized spacial score (nSPS) is 11.6. The summed E-state index contributed by atoms with van der Waals surface area (Å²) in [5.74, 6) is -3.54. The van der Waals surface area contributed by atoms with Crippen molar-refractivity contribution in [3.63, 3.8) is 0 Å². The summed E-state index contributed by atoms with van der Waals surface area (Å²) in [5, 5.41) is 19.8. The zero-order chi connectivity index (χ0) is 21.2. The Morgan fingerprint density at radius 2 is 1.62 bits per heavy atom. The molecule has 0 aliphatic heterocycles. The number of hydrogen-bond acceptors (Lipinski definition) is 5. The van der Waals surface area contributed by atoms with Gasteiger partial charge in [0, 0.05) is 18.2 Å². The number of ether oxygens (including phenoxy) is 1. The molecule has 2 aromatic rings. The highest BCUT2D eigenvalue weighted by molar-refractivity contribution is 5.92. The van der Waals surface area contributed by atoms with Crippen LogP contribution in [0.25, 0.3) is 6.08 Å². The summed E-state index contributed by atoms with van der Waals surface area (Å²) in [6, 6.07) is 14.3. The van der Waals surface area contributed by atoms with Crippen LogP contribution in [0.3, 0.4) is 0 Å². The van der Waals surface area contributed by atoms with Crippen molar-refractivity contribution in [1.29, 1.82) is 0 Å². The van der Waals surface area contributed by atoms with Gasteiger partial charge in [0.1, 0.15) is 0 Å². The lowest BCUT2D eigenvalue weighted by atomic mass is 10.1. The third-order valence-corrected chi connectivity index (χ3v) is 3.77. The number of amides is 1. The van der Waals surface area contributed by atoms with Crippen molar-refractivity contribution in [2.24, 2.45) is 0 Å². The molecule has 2 rings (SSSR count). The average Bonchev–Trinajstić information content (AvgIpc) is 2.71. The van der Waals surface area contributed by atoms with Gasteiger partial charge in [0.25, 0.3) is 5.91 Å². The van der Waals surface area contributed by atoms with Crippen molar-refractivity contribution >= 4 is 29.9 Å². The number of carboxylic acids is 2. The van der Waals surface area contributed by atoms with Crippen molar-refractivity contribution in [1.82, 2.24) is 5.32 Å². The zero-order valence-electron chi connectivity index (χ0n) is 15.3. The van der Waals surface area contributed by atoms with Gasteiger partial charge in [-0.15, -0.1) is 0 Å². The molecule has 150 valence electrons. The van der Waals surface area contributed by atoms with Gasteiger partial charge < -0.3 is 20.3 Å². The molecule has 0 saturated carbocycles. The Labute approximate surface area is 166 Å². The van der Waals surface area contributed by atoms with Crippen molar-refractivity contribution in [3.8, 4) is 0 Å². The summed E-state index contributed by atoms with van der Waals surface area (Å²) in [6.45, 7) is -0.118. The molecule has 8 heteroatoms. The SMILES string of the molecule is O=C(O)/C=C/c1ccc(C(OC(=O)c2ccccc2)C(=O)NCCC(=O)O)cc1. The number of carbonyl (C=O) groups is 4. The van der Waals surface area contributed by atoms with Gasteiger partial charge in [-0.2, -0.15) is 0 Å². The van der Waals surface area contributed by atoms with Gasteiger partial charge in [0.05, 0.1) is 12.0 Å². The standard InChI is InChI=1S/C21H19NO7/c23-17(24)11-8-14-6-9-15(10-7-14)19(20(27)22-13-12-18(25)26)29-21(28)16-4-2-1-3-5-16/h1-11,19H,12-13H2,(H,22,27)(H,23,24)(H,25,26)/b11-8+. The van der Waals surface area contributed by atoms with E-state index >= 15 is 0 Å². The van der Waals surface area contributed by atoms with E-state index in [0.717, 1.165) is 6.08 Å². The van der Waals surface area contributed by atoms with Gasteiger partial charge in [0.15, 0.2) is 0 Å². The van der Waals surface area contributed by atoms with E-state index in [1.54, 1.807) is 42.5 Å². The van der Waals surface area contributed by atoms with Crippen LogP contribution in [0.2, 0.25) is 0 Å². The molecule has 1 atom stereocenters. The molecule has 0 spiro atoms. The number of carboxylic acid groups (broad SMARTS) is 2. The summed E-state index contributed by atoms with van der Waals surface area (Å²) >= 11 is 0. The number of carbonyl (C=O) groups excluding carboxylic acids is 2. The molecular formula is C21H19NO7. The molecule has 0 bridgehead atoms. The Bertz CT molecular complexity index is 904. The van der Waals surface area contributed by atoms with Crippen molar-refractivity contribution in [3.05, 3.63) is 77.4 Å². The second kappa shape index (κ2) is 10.4. The van der Waals surface area contributed by atoms with Gasteiger partial charge >= 0.3 is 17.9 Å². The highest BCUT2D eigenvalue weighted by Gasteiger charge is 2.25. The van der Waals surface area contributed by atoms with Crippen LogP contribution in [0, 0.1) is 0 Å². The molecular weight excluding hydrogens is 378 g/mol. The highest BCUT2D eigenvalue weighted by atomic mass is 16.5. The second-order valence-electron chi connectivity index (χ2n) is 5.92. The molecule has 8 nitrogen and oxygen atoms in total. The van der Waals surface area contributed by atoms with Crippen LogP contribution in [-0.4, -0.2) is 40.6 Å². The average molecular weight is 397 g/mol. The lowest BCUT2D eigenvalue weighted by molar-refractivity contribution is -0.137. The fraction of sp³-hybridized carbons (Fsp3) is 0.143. The highest BCUT2D eigenvalue weighted by Crippen LogP contribution is 2.21. The monoisotopic (exact) mass is 397 g/mol. The Kier molecular flexibility index (Phi) is 7.67. The Balaban J connectivity index is 2.21. The maximum absolute atomic E-state index is 12.5. The van der Waals surface area contributed by atoms with E-state index in [1.807, 2.05) is 0 Å². The van der Waals surface area contributed by atoms with E-state index < -0.39 is 29.9 Å². The summed E-state index contributed by atoms with van der Waals surface area (Å²) in [4.78, 5) is 46.2. The lowest BCUT2D eigenvalue weighted by Crippen LogP contribution is -2.33. The van der Waals surface area contributed by atoms with E-state index in [9.17, 15) is 19.2 Å². The number of esters is 1. The summed E-state index contributed by atoms with van der Waals surface area (Å²) in [5.41, 5.74) is 1.20. The lowest BCUT2D eigenvalue weighted by Gasteiger charge is -2.18. The molecule has 0 aliphatic rings. The van der Waals surface area contributed by atoms with E-state index in [-0.39, 0.29) is 18.5 Å². The first-order chi connectivity index (χ1) is 13.9. The maximum Gasteiger partial charge on any atom is 0.339 e. The van der Waals surface area contributed by atoms with E-state index in [1.165, 1.54) is 18.2 Å². The van der Waals surface area contributed by atoms with Crippen LogP contribution in [0.5, 0.6) is 0 Å². The molecule has 0 fully saturated rings. The van der Waals surface area contributed by atoms with Gasteiger partial charge in [0.2, 0.25) is 6.10 Å². The molecule has 0 saturated heterocycles. The van der Waals surface area contributed by atoms with Gasteiger partial charge in [-0.1, -0.05) is 42.5 Å². The molecule has 0 heterocycles. The summed E-state index contributed by atoms with van der Waals surface area (Å²) in [7, 11) is 0. The van der Waals surface area contributed by atoms with Crippen molar-refractivity contribution < 1.29 is 34.1 Å². The Hall–Kier alpha value is -3.94. The fourth-order valence-electron chi connectivity index (χ4n) is 2.36. The predicted molar refractivity (Wildman–Crippen MR) is 103 cm³/mol. The first-order valence-corrected chi connectivity index (χ1v) is 8.63. The number of rotatable bonds is 9. The van der Waals surface area contributed by atoms with Gasteiger partial charge in [-0.3, -0.25) is 9.59 Å². The van der Waals surface area contributed by atoms with Crippen LogP contribution in [0.15, 0.2) is 60.7 Å². The molecule has 3 N–H and O–H groups in total. The first kappa shape index (κ1) is 21.4. The van der Waals surface area contributed by atoms with Crippen molar-refractivity contribution in [2.75, 3.05) is 6.54 Å². The molecule has 1 amide bonds. The zero-order valence-corrected chi connectivity index (χ0v) is 15.3. The van der Waals surface area contributed by atoms with Crippen LogP contribution < -0.4 is 5.32 Å². The molecule has 1 unspecified atom stereocenters. The maximum atomic E-state index is 12.5. The minimum absolute atomic E-state index is 0.118. The van der Waals surface area contributed by atoms with Crippen LogP contribution in [0.1, 0.15) is 34.0 Å². The largest absolute Gasteiger partial charge is 0.481 e. The third kappa shape index (κ3) is 6.94. The smallest absolute Gasteiger partial charge is 0.339 e. The molecule has 0 aromatic heterocycles. The van der Waals surface area contributed by atoms with E-state index in [4.69, 9.17) is 14.9 Å². The van der Waals surface area contributed by atoms with Crippen LogP contribution >= 0.6 is 0 Å². The first-order valence-electron chi connectivity index (χ1n) is 8.63. The van der Waals surface area contributed by atoms with Gasteiger partial charge in [-0.25, -0.2) is 9.59 Å². The van der Waals surface area contributed by atoms with Crippen LogP contribution in [0.4, 0.5) is 0 Å². The molecule has 0 aliphatic carbocycles. The molecule has 29 heavy (non-hydrogen) atoms. The predicted octanol–water partition coefficient (Wildman–Crippen LogP) is 2.27. The van der Waals surface area contributed by atoms with Crippen molar-refractivity contribution in [2.45, 2.75) is 12.5 Å². The third-order valence-electron chi connectivity index (χ3n) is 3.77. The minimum atomic E-state index is -1.30. The Morgan fingerprint density at radius 1 is 0.966 bits per heavy atom. The summed E-state index contributed by atoms with van der Waals surface area (Å²) in [6.07, 6.45) is 0.781. The minimum Gasteiger partial charge on any atom is -0.481 e. The summed E-state index contributed by atoms with van der Waals surface area (Å²) < 4.78 is 5.37. The van der Waals surface area contributed by atoms with E-state index in [2.05, 4.69) is 5.32 Å².